The molecule has 0 aliphatic heterocycles. The van der Waals surface area contributed by atoms with E-state index in [0.717, 1.165) is 37.0 Å². The Hall–Kier alpha value is -1.09. The maximum absolute atomic E-state index is 5.23. The van der Waals surface area contributed by atoms with E-state index in [1.165, 1.54) is 18.4 Å². The molecule has 1 saturated carbocycles. The van der Waals surface area contributed by atoms with E-state index in [1.807, 2.05) is 6.07 Å². The van der Waals surface area contributed by atoms with Crippen LogP contribution in [-0.4, -0.2) is 18.1 Å². The van der Waals surface area contributed by atoms with E-state index in [2.05, 4.69) is 23.3 Å². The summed E-state index contributed by atoms with van der Waals surface area (Å²) in [7, 11) is 1.68. The Morgan fingerprint density at radius 3 is 2.88 bits per heavy atom. The fourth-order valence-corrected chi connectivity index (χ4v) is 1.76. The van der Waals surface area contributed by atoms with Crippen molar-refractivity contribution in [3.05, 3.63) is 23.4 Å². The van der Waals surface area contributed by atoms with Gasteiger partial charge in [0.2, 0.25) is 5.88 Å². The lowest BCUT2D eigenvalue weighted by atomic mass is 10.1. The molecule has 0 atom stereocenters. The van der Waals surface area contributed by atoms with Crippen molar-refractivity contribution in [1.29, 1.82) is 0 Å². The average Bonchev–Trinajstić information content (AvgIpc) is 3.10. The Kier molecular flexibility index (Phi) is 3.78. The normalized spacial score (nSPS) is 15.1. The van der Waals surface area contributed by atoms with Crippen LogP contribution in [0.4, 0.5) is 0 Å². The summed E-state index contributed by atoms with van der Waals surface area (Å²) >= 11 is 0. The molecular formula is C13H20N2O. The number of pyridine rings is 1. The summed E-state index contributed by atoms with van der Waals surface area (Å²) < 4.78 is 5.23. The molecule has 0 aromatic carbocycles. The minimum atomic E-state index is 0.735. The van der Waals surface area contributed by atoms with Gasteiger partial charge in [-0.1, -0.05) is 13.3 Å². The van der Waals surface area contributed by atoms with Gasteiger partial charge in [-0.2, -0.15) is 0 Å². The number of nitrogens with one attached hydrogen (secondary N) is 1. The summed E-state index contributed by atoms with van der Waals surface area (Å²) in [5, 5.41) is 3.51. The molecule has 0 unspecified atom stereocenters. The van der Waals surface area contributed by atoms with Crippen LogP contribution in [-0.2, 0) is 13.0 Å². The fourth-order valence-electron chi connectivity index (χ4n) is 1.76. The molecule has 3 nitrogen and oxygen atoms in total. The molecule has 16 heavy (non-hydrogen) atoms. The molecule has 0 saturated heterocycles. The van der Waals surface area contributed by atoms with Crippen molar-refractivity contribution < 1.29 is 4.74 Å². The predicted molar refractivity (Wildman–Crippen MR) is 64.6 cm³/mol. The maximum Gasteiger partial charge on any atom is 0.213 e. The van der Waals surface area contributed by atoms with Crippen LogP contribution in [0, 0.1) is 0 Å². The van der Waals surface area contributed by atoms with Crippen LogP contribution < -0.4 is 10.1 Å². The Morgan fingerprint density at radius 2 is 2.25 bits per heavy atom. The van der Waals surface area contributed by atoms with Crippen molar-refractivity contribution in [3.8, 4) is 5.88 Å². The molecule has 1 aromatic rings. The SMILES string of the molecule is CCCc1cc(CNC2CC2)cc(OC)n1. The monoisotopic (exact) mass is 220 g/mol. The van der Waals surface area contributed by atoms with E-state index >= 15 is 0 Å². The van der Waals surface area contributed by atoms with Crippen LogP contribution in [0.25, 0.3) is 0 Å². The molecule has 1 aromatic heterocycles. The van der Waals surface area contributed by atoms with Crippen LogP contribution in [0.1, 0.15) is 37.4 Å². The highest BCUT2D eigenvalue weighted by Gasteiger charge is 2.20. The number of hydrogen-bond donors (Lipinski definition) is 1. The zero-order chi connectivity index (χ0) is 11.4. The second-order valence-electron chi connectivity index (χ2n) is 4.41. The van der Waals surface area contributed by atoms with E-state index in [0.29, 0.717) is 0 Å². The van der Waals surface area contributed by atoms with Gasteiger partial charge in [0.1, 0.15) is 0 Å². The molecule has 0 spiro atoms. The van der Waals surface area contributed by atoms with Crippen LogP contribution in [0.15, 0.2) is 12.1 Å². The largest absolute Gasteiger partial charge is 0.481 e. The highest BCUT2D eigenvalue weighted by molar-refractivity contribution is 5.25. The van der Waals surface area contributed by atoms with Crippen molar-refractivity contribution in [2.75, 3.05) is 7.11 Å². The van der Waals surface area contributed by atoms with Gasteiger partial charge in [-0.05, 0) is 30.9 Å². The lowest BCUT2D eigenvalue weighted by molar-refractivity contribution is 0.395. The van der Waals surface area contributed by atoms with E-state index < -0.39 is 0 Å². The first-order valence-corrected chi connectivity index (χ1v) is 6.09. The maximum atomic E-state index is 5.23. The summed E-state index contributed by atoms with van der Waals surface area (Å²) in [5.74, 6) is 0.735. The second-order valence-corrected chi connectivity index (χ2v) is 4.41. The molecule has 1 fully saturated rings. The topological polar surface area (TPSA) is 34.1 Å². The van der Waals surface area contributed by atoms with Gasteiger partial charge in [0.15, 0.2) is 0 Å². The van der Waals surface area contributed by atoms with E-state index in [4.69, 9.17) is 4.74 Å². The number of ether oxygens (including phenoxy) is 1. The molecule has 2 rings (SSSR count). The quantitative estimate of drug-likeness (QED) is 0.798. The number of aromatic nitrogens is 1. The summed E-state index contributed by atoms with van der Waals surface area (Å²) in [4.78, 5) is 4.43. The van der Waals surface area contributed by atoms with E-state index in [-0.39, 0.29) is 0 Å². The molecule has 0 radical (unpaired) electrons. The van der Waals surface area contributed by atoms with Crippen LogP contribution in [0.2, 0.25) is 0 Å². The third-order valence-corrected chi connectivity index (χ3v) is 2.80. The third kappa shape index (κ3) is 3.20. The van der Waals surface area contributed by atoms with Gasteiger partial charge < -0.3 is 10.1 Å². The zero-order valence-corrected chi connectivity index (χ0v) is 10.1. The van der Waals surface area contributed by atoms with Crippen LogP contribution in [0.3, 0.4) is 0 Å². The smallest absolute Gasteiger partial charge is 0.213 e. The van der Waals surface area contributed by atoms with Crippen molar-refractivity contribution in [1.82, 2.24) is 10.3 Å². The van der Waals surface area contributed by atoms with Gasteiger partial charge in [0.25, 0.3) is 0 Å². The van der Waals surface area contributed by atoms with E-state index in [1.54, 1.807) is 7.11 Å². The number of aryl methyl sites for hydroxylation is 1. The first-order valence-electron chi connectivity index (χ1n) is 6.09. The summed E-state index contributed by atoms with van der Waals surface area (Å²) in [6, 6.07) is 4.95. The minimum Gasteiger partial charge on any atom is -0.481 e. The summed E-state index contributed by atoms with van der Waals surface area (Å²) in [6.07, 6.45) is 4.79. The fraction of sp³-hybridized carbons (Fsp3) is 0.615. The van der Waals surface area contributed by atoms with Crippen molar-refractivity contribution in [3.63, 3.8) is 0 Å². The predicted octanol–water partition coefficient (Wildman–Crippen LogP) is 2.29. The number of hydrogen-bond acceptors (Lipinski definition) is 3. The number of nitrogens with zero attached hydrogens (tertiary/aromatic N) is 1. The first-order chi connectivity index (χ1) is 7.81. The Balaban J connectivity index is 2.04. The van der Waals surface area contributed by atoms with Gasteiger partial charge in [-0.3, -0.25) is 0 Å². The van der Waals surface area contributed by atoms with Gasteiger partial charge in [0.05, 0.1) is 7.11 Å². The molecule has 1 heterocycles. The van der Waals surface area contributed by atoms with Gasteiger partial charge in [-0.15, -0.1) is 0 Å². The zero-order valence-electron chi connectivity index (χ0n) is 10.1. The van der Waals surface area contributed by atoms with E-state index in [9.17, 15) is 0 Å². The van der Waals surface area contributed by atoms with Crippen molar-refractivity contribution >= 4 is 0 Å². The molecule has 0 bridgehead atoms. The lowest BCUT2D eigenvalue weighted by Crippen LogP contribution is -2.15. The van der Waals surface area contributed by atoms with Crippen LogP contribution >= 0.6 is 0 Å². The summed E-state index contributed by atoms with van der Waals surface area (Å²) in [5.41, 5.74) is 2.41. The van der Waals surface area contributed by atoms with Gasteiger partial charge in [0, 0.05) is 24.3 Å². The molecule has 1 aliphatic rings. The molecule has 88 valence electrons. The Morgan fingerprint density at radius 1 is 1.44 bits per heavy atom. The standard InChI is InChI=1S/C13H20N2O/c1-3-4-12-7-10(8-13(15-12)16-2)9-14-11-5-6-11/h7-8,11,14H,3-6,9H2,1-2H3. The molecule has 0 amide bonds. The van der Waals surface area contributed by atoms with Crippen molar-refractivity contribution in [2.24, 2.45) is 0 Å². The van der Waals surface area contributed by atoms with Gasteiger partial charge >= 0.3 is 0 Å². The Bertz CT molecular complexity index is 348. The Labute approximate surface area is 97.2 Å². The number of rotatable bonds is 6. The third-order valence-electron chi connectivity index (χ3n) is 2.80. The minimum absolute atomic E-state index is 0.735. The lowest BCUT2D eigenvalue weighted by Gasteiger charge is -2.08. The number of methoxy groups -OCH3 is 1. The molecular weight excluding hydrogens is 200 g/mol. The second kappa shape index (κ2) is 5.30. The highest BCUT2D eigenvalue weighted by Crippen LogP contribution is 2.20. The average molecular weight is 220 g/mol. The van der Waals surface area contributed by atoms with Crippen LogP contribution in [0.5, 0.6) is 5.88 Å². The van der Waals surface area contributed by atoms with Crippen molar-refractivity contribution in [2.45, 2.75) is 45.2 Å². The highest BCUT2D eigenvalue weighted by atomic mass is 16.5. The molecule has 1 N–H and O–H groups in total. The molecule has 3 heteroatoms. The molecule has 1 aliphatic carbocycles. The van der Waals surface area contributed by atoms with Gasteiger partial charge in [-0.25, -0.2) is 4.98 Å². The first kappa shape index (κ1) is 11.4. The summed E-state index contributed by atoms with van der Waals surface area (Å²) in [6.45, 7) is 3.10.